The fourth-order valence-corrected chi connectivity index (χ4v) is 3.75. The molecule has 0 spiro atoms. The fraction of sp³-hybridized carbons (Fsp3) is 0.400. The van der Waals surface area contributed by atoms with E-state index in [1.54, 1.807) is 0 Å². The van der Waals surface area contributed by atoms with Crippen LogP contribution in [-0.2, 0) is 0 Å². The molecule has 2 aromatic rings. The van der Waals surface area contributed by atoms with Crippen LogP contribution in [0.5, 0.6) is 23.0 Å². The Morgan fingerprint density at radius 1 is 0.560 bits per heavy atom. The highest BCUT2D eigenvalue weighted by Crippen LogP contribution is 2.25. The highest BCUT2D eigenvalue weighted by molar-refractivity contribution is 6.66. The van der Waals surface area contributed by atoms with Crippen molar-refractivity contribution in [1.82, 2.24) is 0 Å². The molecule has 0 saturated carbocycles. The van der Waals surface area contributed by atoms with Gasteiger partial charge in [-0.05, 0) is 76.2 Å². The molecule has 5 heteroatoms. The summed E-state index contributed by atoms with van der Waals surface area (Å²) >= 11 is 0. The zero-order chi connectivity index (χ0) is 18.4. The van der Waals surface area contributed by atoms with Gasteiger partial charge in [-0.1, -0.05) is 0 Å². The summed E-state index contributed by atoms with van der Waals surface area (Å²) in [4.78, 5) is 0. The summed E-state index contributed by atoms with van der Waals surface area (Å²) in [5, 5.41) is 0. The molecule has 0 unspecified atom stereocenters. The van der Waals surface area contributed by atoms with E-state index in [0.717, 1.165) is 23.0 Å². The molecule has 0 fully saturated rings. The molecule has 0 aliphatic heterocycles. The van der Waals surface area contributed by atoms with Crippen LogP contribution >= 0.6 is 0 Å². The van der Waals surface area contributed by atoms with E-state index in [2.05, 4.69) is 0 Å². The lowest BCUT2D eigenvalue weighted by molar-refractivity contribution is 0.242. The molecule has 25 heavy (non-hydrogen) atoms. The van der Waals surface area contributed by atoms with E-state index in [9.17, 15) is 0 Å². The highest BCUT2D eigenvalue weighted by Gasteiger charge is 2.29. The normalized spacial score (nSPS) is 11.5. The topological polar surface area (TPSA) is 36.9 Å². The number of benzene rings is 2. The van der Waals surface area contributed by atoms with E-state index in [1.165, 1.54) is 0 Å². The molecule has 0 atom stereocenters. The smallest absolute Gasteiger partial charge is 0.454 e. The van der Waals surface area contributed by atoms with Crippen LogP contribution in [0.15, 0.2) is 48.5 Å². The Hall–Kier alpha value is -2.14. The number of ether oxygens (including phenoxy) is 2. The molecule has 136 valence electrons. The Bertz CT molecular complexity index is 591. The highest BCUT2D eigenvalue weighted by atomic mass is 28.4. The molecule has 0 bridgehead atoms. The minimum Gasteiger partial charge on any atom is -0.512 e. The van der Waals surface area contributed by atoms with Crippen molar-refractivity contribution in [2.24, 2.45) is 0 Å². The second kappa shape index (κ2) is 8.29. The lowest BCUT2D eigenvalue weighted by atomic mass is 10.3. The van der Waals surface area contributed by atoms with Crippen molar-refractivity contribution in [3.8, 4) is 23.0 Å². The minimum atomic E-state index is -2.37. The molecule has 0 N–H and O–H groups in total. The first-order chi connectivity index (χ1) is 11.7. The average molecular weight is 361 g/mol. The van der Waals surface area contributed by atoms with E-state index in [0.29, 0.717) is 0 Å². The molecule has 0 aliphatic rings. The Labute approximate surface area is 151 Å². The van der Waals surface area contributed by atoms with E-state index < -0.39 is 8.56 Å². The van der Waals surface area contributed by atoms with Gasteiger partial charge in [-0.3, -0.25) is 0 Å². The van der Waals surface area contributed by atoms with Gasteiger partial charge in [0.2, 0.25) is 0 Å². The first-order valence-corrected chi connectivity index (χ1v) is 11.5. The Morgan fingerprint density at radius 3 is 1.12 bits per heavy atom. The Balaban J connectivity index is 1.96. The molecule has 0 saturated heterocycles. The quantitative estimate of drug-likeness (QED) is 0.589. The van der Waals surface area contributed by atoms with Crippen molar-refractivity contribution >= 4 is 8.56 Å². The van der Waals surface area contributed by atoms with Gasteiger partial charge in [0.25, 0.3) is 0 Å². The monoisotopic (exact) mass is 360 g/mol. The van der Waals surface area contributed by atoms with Crippen molar-refractivity contribution in [1.29, 1.82) is 0 Å². The third-order valence-corrected chi connectivity index (χ3v) is 4.57. The fourth-order valence-electron chi connectivity index (χ4n) is 2.31. The molecular weight excluding hydrogens is 332 g/mol. The van der Waals surface area contributed by atoms with Gasteiger partial charge in [0, 0.05) is 13.1 Å². The molecule has 0 heterocycles. The van der Waals surface area contributed by atoms with Gasteiger partial charge in [0.15, 0.2) is 0 Å². The van der Waals surface area contributed by atoms with Gasteiger partial charge < -0.3 is 18.3 Å². The predicted molar refractivity (Wildman–Crippen MR) is 103 cm³/mol. The average Bonchev–Trinajstić information content (AvgIpc) is 2.49. The van der Waals surface area contributed by atoms with Crippen molar-refractivity contribution in [3.05, 3.63) is 48.5 Å². The van der Waals surface area contributed by atoms with E-state index in [-0.39, 0.29) is 12.2 Å². The van der Waals surface area contributed by atoms with Crippen LogP contribution in [-0.4, -0.2) is 20.8 Å². The maximum atomic E-state index is 6.09. The van der Waals surface area contributed by atoms with Crippen LogP contribution in [0.25, 0.3) is 0 Å². The van der Waals surface area contributed by atoms with Crippen LogP contribution in [0.3, 0.4) is 0 Å². The lowest BCUT2D eigenvalue weighted by Gasteiger charge is -2.25. The van der Waals surface area contributed by atoms with Crippen molar-refractivity contribution in [2.45, 2.75) is 53.0 Å². The summed E-state index contributed by atoms with van der Waals surface area (Å²) in [6.45, 7) is 12.1. The van der Waals surface area contributed by atoms with Gasteiger partial charge in [0.1, 0.15) is 23.0 Å². The van der Waals surface area contributed by atoms with Gasteiger partial charge in [-0.25, -0.2) is 0 Å². The summed E-state index contributed by atoms with van der Waals surface area (Å²) in [5.74, 6) is 3.24. The summed E-state index contributed by atoms with van der Waals surface area (Å²) < 4.78 is 23.5. The summed E-state index contributed by atoms with van der Waals surface area (Å²) in [5.41, 5.74) is 0. The largest absolute Gasteiger partial charge is 0.512 e. The summed E-state index contributed by atoms with van der Waals surface area (Å²) in [6.07, 6.45) is 0.312. The zero-order valence-corrected chi connectivity index (χ0v) is 16.9. The number of hydrogen-bond acceptors (Lipinski definition) is 4. The molecule has 2 rings (SSSR count). The zero-order valence-electron chi connectivity index (χ0n) is 15.9. The second-order valence-electron chi connectivity index (χ2n) is 6.88. The first kappa shape index (κ1) is 19.2. The van der Waals surface area contributed by atoms with Crippen molar-refractivity contribution in [2.75, 3.05) is 0 Å². The molecule has 0 aliphatic carbocycles. The third-order valence-electron chi connectivity index (χ3n) is 3.12. The minimum absolute atomic E-state index is 0.156. The first-order valence-electron chi connectivity index (χ1n) is 8.65. The second-order valence-corrected chi connectivity index (χ2v) is 10.1. The lowest BCUT2D eigenvalue weighted by Crippen LogP contribution is -2.41. The molecule has 0 radical (unpaired) electrons. The molecule has 2 aromatic carbocycles. The van der Waals surface area contributed by atoms with Gasteiger partial charge >= 0.3 is 8.56 Å². The van der Waals surface area contributed by atoms with Crippen LogP contribution < -0.4 is 18.3 Å². The number of rotatable bonds is 8. The molecule has 0 amide bonds. The SMILES string of the molecule is CC(C)Oc1ccc(O[Si](C)(C)Oc2ccc(OC(C)C)cc2)cc1. The van der Waals surface area contributed by atoms with Gasteiger partial charge in [-0.2, -0.15) is 0 Å². The Morgan fingerprint density at radius 2 is 0.840 bits per heavy atom. The van der Waals surface area contributed by atoms with Gasteiger partial charge in [-0.15, -0.1) is 0 Å². The third kappa shape index (κ3) is 6.70. The predicted octanol–water partition coefficient (Wildman–Crippen LogP) is 5.42. The van der Waals surface area contributed by atoms with Crippen LogP contribution in [0.4, 0.5) is 0 Å². The maximum Gasteiger partial charge on any atom is 0.454 e. The molecule has 0 aromatic heterocycles. The van der Waals surface area contributed by atoms with E-state index in [4.69, 9.17) is 18.3 Å². The molecular formula is C20H28O4Si. The Kier molecular flexibility index (Phi) is 6.37. The summed E-state index contributed by atoms with van der Waals surface area (Å²) in [7, 11) is -2.37. The maximum absolute atomic E-state index is 6.09. The number of hydrogen-bond donors (Lipinski definition) is 0. The summed E-state index contributed by atoms with van der Waals surface area (Å²) in [6, 6.07) is 15.3. The van der Waals surface area contributed by atoms with Crippen LogP contribution in [0.2, 0.25) is 13.1 Å². The van der Waals surface area contributed by atoms with Crippen molar-refractivity contribution in [3.63, 3.8) is 0 Å². The van der Waals surface area contributed by atoms with Gasteiger partial charge in [0.05, 0.1) is 12.2 Å². The van der Waals surface area contributed by atoms with E-state index in [1.807, 2.05) is 89.3 Å². The van der Waals surface area contributed by atoms with Crippen LogP contribution in [0.1, 0.15) is 27.7 Å². The van der Waals surface area contributed by atoms with Crippen molar-refractivity contribution < 1.29 is 18.3 Å². The molecule has 4 nitrogen and oxygen atoms in total. The standard InChI is InChI=1S/C20H28O4Si/c1-15(2)21-17-7-11-19(12-8-17)23-25(5,6)24-20-13-9-18(10-14-20)22-16(3)4/h7-16H,1-6H3. The van der Waals surface area contributed by atoms with Crippen LogP contribution in [0, 0.1) is 0 Å². The van der Waals surface area contributed by atoms with E-state index >= 15 is 0 Å².